The molecule has 11 unspecified atom stereocenters. The molecule has 9 nitrogen and oxygen atoms in total. The second kappa shape index (κ2) is 14.1. The van der Waals surface area contributed by atoms with Gasteiger partial charge in [0.25, 0.3) is 0 Å². The van der Waals surface area contributed by atoms with Crippen LogP contribution in [0.4, 0.5) is 5.69 Å². The Bertz CT molecular complexity index is 1510. The zero-order valence-electron chi connectivity index (χ0n) is 26.6. The number of aliphatic carboxylic acids is 2. The van der Waals surface area contributed by atoms with Gasteiger partial charge in [0.1, 0.15) is 0 Å². The Labute approximate surface area is 275 Å². The highest BCUT2D eigenvalue weighted by Crippen LogP contribution is 2.51. The quantitative estimate of drug-likeness (QED) is 0.128. The van der Waals surface area contributed by atoms with Crippen molar-refractivity contribution in [2.75, 3.05) is 11.5 Å². The predicted molar refractivity (Wildman–Crippen MR) is 176 cm³/mol. The van der Waals surface area contributed by atoms with Crippen molar-refractivity contribution in [3.8, 4) is 0 Å². The number of para-hydroxylation sites is 1. The van der Waals surface area contributed by atoms with Crippen molar-refractivity contribution in [2.45, 2.75) is 32.6 Å². The number of imide groups is 1. The number of carboxylic acid groups (broad SMARTS) is 2. The normalized spacial score (nSPS) is 35.0. The van der Waals surface area contributed by atoms with Crippen molar-refractivity contribution >= 4 is 35.4 Å². The summed E-state index contributed by atoms with van der Waals surface area (Å²) in [7, 11) is 0. The van der Waals surface area contributed by atoms with Gasteiger partial charge in [-0.15, -0.1) is 13.2 Å². The molecule has 248 valence electrons. The number of fused-ring (bicyclic) bond motifs is 1. The van der Waals surface area contributed by atoms with Crippen LogP contribution in [-0.4, -0.2) is 46.5 Å². The zero-order chi connectivity index (χ0) is 34.0. The van der Waals surface area contributed by atoms with Gasteiger partial charge in [-0.05, 0) is 86.2 Å². The Morgan fingerprint density at radius 1 is 0.787 bits per heavy atom. The first-order chi connectivity index (χ1) is 22.5. The number of benzene rings is 1. The predicted octanol–water partition coefficient (Wildman–Crippen LogP) is 5.71. The van der Waals surface area contributed by atoms with E-state index in [1.165, 1.54) is 4.90 Å². The summed E-state index contributed by atoms with van der Waals surface area (Å²) >= 11 is 0. The molecule has 0 aromatic heterocycles. The van der Waals surface area contributed by atoms with Crippen LogP contribution in [0.25, 0.3) is 0 Å². The molecule has 1 aromatic rings. The Kier molecular flexibility index (Phi) is 10.1. The lowest BCUT2D eigenvalue weighted by Crippen LogP contribution is -2.33. The number of hydrogen-bond donors (Lipinski definition) is 2. The van der Waals surface area contributed by atoms with Gasteiger partial charge in [0.15, 0.2) is 0 Å². The maximum absolute atomic E-state index is 13.6. The molecule has 0 spiro atoms. The highest BCUT2D eigenvalue weighted by molar-refractivity contribution is 6.22. The van der Waals surface area contributed by atoms with E-state index in [9.17, 15) is 34.2 Å². The Morgan fingerprint density at radius 3 is 1.87 bits per heavy atom. The van der Waals surface area contributed by atoms with Crippen molar-refractivity contribution in [1.82, 2.24) is 0 Å². The number of ether oxygens (including phenoxy) is 1. The third-order valence-corrected chi connectivity index (χ3v) is 10.7. The van der Waals surface area contributed by atoms with E-state index in [0.717, 1.165) is 12.8 Å². The number of carbonyl (C=O) groups is 5. The first-order valence-electron chi connectivity index (χ1n) is 16.3. The SMILES string of the molecule is C=CC1CC(/C=C\C2CC(/C=C\C3CC(C=C)C4C(=O)N(c5ccccc5)C(=O)C34)C(C(=O)O)C2C(=O)O)CC1COC(=O)C(=C)C. The third-order valence-electron chi connectivity index (χ3n) is 10.7. The topological polar surface area (TPSA) is 138 Å². The molecule has 3 saturated carbocycles. The molecule has 1 aromatic carbocycles. The summed E-state index contributed by atoms with van der Waals surface area (Å²) in [5.41, 5.74) is 0.849. The number of rotatable bonds is 12. The van der Waals surface area contributed by atoms with Crippen molar-refractivity contribution in [3.05, 3.63) is 92.1 Å². The second-order valence-corrected chi connectivity index (χ2v) is 13.5. The van der Waals surface area contributed by atoms with E-state index < -0.39 is 53.4 Å². The molecule has 5 rings (SSSR count). The molecular weight excluding hydrogens is 598 g/mol. The molecule has 4 fully saturated rings. The summed E-state index contributed by atoms with van der Waals surface area (Å²) in [4.78, 5) is 65.2. The van der Waals surface area contributed by atoms with Gasteiger partial charge in [0.05, 0.1) is 36.0 Å². The summed E-state index contributed by atoms with van der Waals surface area (Å²) in [5, 5.41) is 20.4. The number of allylic oxidation sites excluding steroid dienone is 6. The Hall–Kier alpha value is -4.53. The number of esters is 1. The molecule has 1 heterocycles. The van der Waals surface area contributed by atoms with Crippen molar-refractivity contribution in [1.29, 1.82) is 0 Å². The minimum absolute atomic E-state index is 0.0735. The van der Waals surface area contributed by atoms with Crippen LogP contribution >= 0.6 is 0 Å². The number of anilines is 1. The summed E-state index contributed by atoms with van der Waals surface area (Å²) in [6.45, 7) is 13.3. The van der Waals surface area contributed by atoms with E-state index in [-0.39, 0.29) is 48.0 Å². The summed E-state index contributed by atoms with van der Waals surface area (Å²) in [6, 6.07) is 8.80. The molecule has 0 radical (unpaired) electrons. The smallest absolute Gasteiger partial charge is 0.333 e. The standard InChI is InChI=1S/C38H43NO8/c1-5-23-16-22(17-28(23)20-47-38(46)21(3)4)12-13-26-19-27(33(37(44)45)32(26)36(42)43)15-14-25-18-24(6-2)30-31(25)35(41)39(34(30)40)29-10-8-7-9-11-29/h5-15,22-28,30-33H,1-3,16-20H2,4H3,(H,42,43)(H,44,45)/b13-12-,15-14-. The van der Waals surface area contributed by atoms with Gasteiger partial charge in [-0.25, -0.2) is 4.79 Å². The lowest BCUT2D eigenvalue weighted by Gasteiger charge is -2.20. The molecule has 4 aliphatic rings. The molecule has 11 atom stereocenters. The highest BCUT2D eigenvalue weighted by Gasteiger charge is 2.58. The van der Waals surface area contributed by atoms with Crippen LogP contribution in [0.1, 0.15) is 32.6 Å². The van der Waals surface area contributed by atoms with E-state index in [1.807, 2.05) is 30.4 Å². The number of hydrogen-bond acceptors (Lipinski definition) is 6. The highest BCUT2D eigenvalue weighted by atomic mass is 16.5. The fourth-order valence-corrected chi connectivity index (χ4v) is 8.43. The minimum Gasteiger partial charge on any atom is -0.481 e. The van der Waals surface area contributed by atoms with Crippen LogP contribution in [0.15, 0.2) is 92.1 Å². The molecule has 1 aliphatic heterocycles. The van der Waals surface area contributed by atoms with Crippen molar-refractivity contribution in [2.24, 2.45) is 65.1 Å². The fourth-order valence-electron chi connectivity index (χ4n) is 8.43. The summed E-state index contributed by atoms with van der Waals surface area (Å²) in [5.74, 6) is -8.02. The lowest BCUT2D eigenvalue weighted by molar-refractivity contribution is -0.153. The second-order valence-electron chi connectivity index (χ2n) is 13.5. The minimum atomic E-state index is -1.18. The number of nitrogens with zero attached hydrogens (tertiary/aromatic N) is 1. The first kappa shape index (κ1) is 33.8. The number of carbonyl (C=O) groups excluding carboxylic acids is 3. The van der Waals surface area contributed by atoms with Gasteiger partial charge in [0.2, 0.25) is 11.8 Å². The van der Waals surface area contributed by atoms with Crippen LogP contribution in [0.3, 0.4) is 0 Å². The average Bonchev–Trinajstić information content (AvgIpc) is 3.79. The number of carboxylic acids is 2. The lowest BCUT2D eigenvalue weighted by atomic mass is 9.85. The molecular formula is C38H43NO8. The molecule has 0 bridgehead atoms. The van der Waals surface area contributed by atoms with E-state index in [1.54, 1.807) is 43.3 Å². The molecule has 1 saturated heterocycles. The van der Waals surface area contributed by atoms with Gasteiger partial charge >= 0.3 is 17.9 Å². The van der Waals surface area contributed by atoms with Gasteiger partial charge in [-0.2, -0.15) is 0 Å². The number of amides is 2. The van der Waals surface area contributed by atoms with Crippen LogP contribution in [0, 0.1) is 65.1 Å². The molecule has 2 N–H and O–H groups in total. The van der Waals surface area contributed by atoms with E-state index in [2.05, 4.69) is 19.7 Å². The molecule has 9 heteroatoms. The maximum atomic E-state index is 13.6. The van der Waals surface area contributed by atoms with Crippen LogP contribution in [0.5, 0.6) is 0 Å². The van der Waals surface area contributed by atoms with E-state index in [0.29, 0.717) is 24.1 Å². The van der Waals surface area contributed by atoms with Gasteiger partial charge < -0.3 is 14.9 Å². The first-order valence-corrected chi connectivity index (χ1v) is 16.3. The van der Waals surface area contributed by atoms with Crippen LogP contribution < -0.4 is 4.90 Å². The van der Waals surface area contributed by atoms with E-state index >= 15 is 0 Å². The zero-order valence-corrected chi connectivity index (χ0v) is 26.6. The van der Waals surface area contributed by atoms with Crippen molar-refractivity contribution in [3.63, 3.8) is 0 Å². The molecule has 47 heavy (non-hydrogen) atoms. The van der Waals surface area contributed by atoms with Crippen molar-refractivity contribution < 1.29 is 38.9 Å². The Balaban J connectivity index is 1.32. The fraction of sp³-hybridized carbons (Fsp3) is 0.447. The van der Waals surface area contributed by atoms with Crippen LogP contribution in [0.2, 0.25) is 0 Å². The van der Waals surface area contributed by atoms with Gasteiger partial charge in [-0.1, -0.05) is 61.2 Å². The monoisotopic (exact) mass is 641 g/mol. The molecule has 2 amide bonds. The van der Waals surface area contributed by atoms with Crippen LogP contribution in [-0.2, 0) is 28.7 Å². The third kappa shape index (κ3) is 6.66. The largest absolute Gasteiger partial charge is 0.481 e. The Morgan fingerprint density at radius 2 is 1.32 bits per heavy atom. The maximum Gasteiger partial charge on any atom is 0.333 e. The molecule has 3 aliphatic carbocycles. The van der Waals surface area contributed by atoms with Gasteiger partial charge in [-0.3, -0.25) is 24.1 Å². The van der Waals surface area contributed by atoms with Gasteiger partial charge in [0, 0.05) is 5.57 Å². The summed E-state index contributed by atoms with van der Waals surface area (Å²) < 4.78 is 5.39. The summed E-state index contributed by atoms with van der Waals surface area (Å²) in [6.07, 6.45) is 13.4. The van der Waals surface area contributed by atoms with E-state index in [4.69, 9.17) is 4.74 Å². The average molecular weight is 642 g/mol.